The first-order valence-corrected chi connectivity index (χ1v) is 8.16. The number of thiazole rings is 1. The average Bonchev–Trinajstić information content (AvgIpc) is 3.16. The average molecular weight is 331 g/mol. The van der Waals surface area contributed by atoms with Crippen molar-refractivity contribution >= 4 is 23.2 Å². The van der Waals surface area contributed by atoms with E-state index in [0.717, 1.165) is 12.8 Å². The zero-order valence-corrected chi connectivity index (χ0v) is 13.8. The molecule has 2 N–H and O–H groups in total. The third-order valence-electron chi connectivity index (χ3n) is 4.12. The van der Waals surface area contributed by atoms with Crippen molar-refractivity contribution in [1.29, 1.82) is 0 Å². The van der Waals surface area contributed by atoms with Crippen LogP contribution in [0.5, 0.6) is 0 Å². The summed E-state index contributed by atoms with van der Waals surface area (Å²) in [5.74, 6) is -0.224. The molecule has 3 rings (SSSR count). The van der Waals surface area contributed by atoms with Gasteiger partial charge in [-0.05, 0) is 32.8 Å². The van der Waals surface area contributed by atoms with E-state index in [2.05, 4.69) is 15.0 Å². The van der Waals surface area contributed by atoms with Gasteiger partial charge in [0.15, 0.2) is 5.82 Å². The SMILES string of the molecule is Cc1cc(C(N)=O)nc([C@@]2(C)CCCN2C(=O)c2cncs2)n1. The molecule has 1 aliphatic heterocycles. The minimum atomic E-state index is -0.655. The van der Waals surface area contributed by atoms with Crippen LogP contribution in [0.2, 0.25) is 0 Å². The quantitative estimate of drug-likeness (QED) is 0.918. The fourth-order valence-corrected chi connectivity index (χ4v) is 3.48. The first kappa shape index (κ1) is 15.5. The van der Waals surface area contributed by atoms with E-state index in [9.17, 15) is 9.59 Å². The summed E-state index contributed by atoms with van der Waals surface area (Å²) >= 11 is 1.31. The molecule has 2 aromatic rings. The molecule has 2 aromatic heterocycles. The highest BCUT2D eigenvalue weighted by Crippen LogP contribution is 2.38. The largest absolute Gasteiger partial charge is 0.364 e. The molecule has 3 heterocycles. The first-order chi connectivity index (χ1) is 10.9. The Morgan fingerprint density at radius 3 is 2.83 bits per heavy atom. The molecule has 0 aromatic carbocycles. The molecule has 0 aliphatic carbocycles. The summed E-state index contributed by atoms with van der Waals surface area (Å²) in [5, 5.41) is 0. The van der Waals surface area contributed by atoms with Gasteiger partial charge in [-0.15, -0.1) is 11.3 Å². The van der Waals surface area contributed by atoms with Gasteiger partial charge in [0.1, 0.15) is 16.1 Å². The number of carbonyl (C=O) groups excluding carboxylic acids is 2. The fourth-order valence-electron chi connectivity index (χ4n) is 2.91. The van der Waals surface area contributed by atoms with E-state index in [1.807, 2.05) is 6.92 Å². The smallest absolute Gasteiger partial charge is 0.267 e. The van der Waals surface area contributed by atoms with Gasteiger partial charge in [0.05, 0.1) is 11.7 Å². The van der Waals surface area contributed by atoms with Crippen LogP contribution in [0.4, 0.5) is 0 Å². The number of aryl methyl sites for hydroxylation is 1. The predicted molar refractivity (Wildman–Crippen MR) is 85.0 cm³/mol. The van der Waals surface area contributed by atoms with Crippen molar-refractivity contribution in [1.82, 2.24) is 19.9 Å². The highest BCUT2D eigenvalue weighted by atomic mass is 32.1. The standard InChI is InChI=1S/C15H17N5O2S/c1-9-6-10(12(16)21)19-14(18-9)15(2)4-3-5-20(15)13(22)11-7-17-8-23-11/h6-8H,3-5H2,1-2H3,(H2,16,21)/t15-/m1/s1. The van der Waals surface area contributed by atoms with E-state index < -0.39 is 11.4 Å². The zero-order chi connectivity index (χ0) is 16.6. The number of rotatable bonds is 3. The lowest BCUT2D eigenvalue weighted by atomic mass is 9.97. The molecule has 1 atom stereocenters. The Balaban J connectivity index is 2.03. The van der Waals surface area contributed by atoms with Gasteiger partial charge in [0.2, 0.25) is 0 Å². The van der Waals surface area contributed by atoms with Crippen LogP contribution in [0.25, 0.3) is 0 Å². The van der Waals surface area contributed by atoms with Crippen molar-refractivity contribution in [3.8, 4) is 0 Å². The van der Waals surface area contributed by atoms with Gasteiger partial charge in [-0.3, -0.25) is 14.6 Å². The molecule has 7 nitrogen and oxygen atoms in total. The lowest BCUT2D eigenvalue weighted by molar-refractivity contribution is 0.0608. The maximum atomic E-state index is 12.7. The van der Waals surface area contributed by atoms with Gasteiger partial charge >= 0.3 is 0 Å². The summed E-state index contributed by atoms with van der Waals surface area (Å²) in [6, 6.07) is 1.56. The van der Waals surface area contributed by atoms with Gasteiger partial charge in [-0.25, -0.2) is 9.97 Å². The summed E-state index contributed by atoms with van der Waals surface area (Å²) < 4.78 is 0. The van der Waals surface area contributed by atoms with Crippen LogP contribution < -0.4 is 5.73 Å². The molecule has 0 saturated carbocycles. The molecule has 120 valence electrons. The second-order valence-corrected chi connectivity index (χ2v) is 6.67. The molecule has 0 radical (unpaired) electrons. The number of nitrogens with two attached hydrogens (primary N) is 1. The Hall–Kier alpha value is -2.35. The van der Waals surface area contributed by atoms with Gasteiger partial charge < -0.3 is 10.6 Å². The maximum Gasteiger partial charge on any atom is 0.267 e. The summed E-state index contributed by atoms with van der Waals surface area (Å²) in [7, 11) is 0. The van der Waals surface area contributed by atoms with Gasteiger partial charge in [-0.2, -0.15) is 0 Å². The second-order valence-electron chi connectivity index (χ2n) is 5.78. The summed E-state index contributed by atoms with van der Waals surface area (Å²) in [6.45, 7) is 4.33. The van der Waals surface area contributed by atoms with Crippen LogP contribution >= 0.6 is 11.3 Å². The minimum absolute atomic E-state index is 0.0850. The second kappa shape index (κ2) is 5.69. The van der Waals surface area contributed by atoms with Crippen molar-refractivity contribution in [2.45, 2.75) is 32.2 Å². The number of primary amides is 1. The highest BCUT2D eigenvalue weighted by molar-refractivity contribution is 7.11. The highest BCUT2D eigenvalue weighted by Gasteiger charge is 2.44. The van der Waals surface area contributed by atoms with E-state index >= 15 is 0 Å². The molecule has 1 aliphatic rings. The van der Waals surface area contributed by atoms with Crippen LogP contribution in [0.15, 0.2) is 17.8 Å². The summed E-state index contributed by atoms with van der Waals surface area (Å²) in [4.78, 5) is 39.3. The van der Waals surface area contributed by atoms with Crippen molar-refractivity contribution in [2.24, 2.45) is 5.73 Å². The van der Waals surface area contributed by atoms with E-state index in [-0.39, 0.29) is 11.6 Å². The Morgan fingerprint density at radius 2 is 2.17 bits per heavy atom. The Kier molecular flexibility index (Phi) is 3.85. The predicted octanol–water partition coefficient (Wildman–Crippen LogP) is 1.49. The number of carbonyl (C=O) groups is 2. The first-order valence-electron chi connectivity index (χ1n) is 7.28. The van der Waals surface area contributed by atoms with E-state index in [4.69, 9.17) is 5.73 Å². The molecule has 0 spiro atoms. The Morgan fingerprint density at radius 1 is 1.39 bits per heavy atom. The molecule has 1 saturated heterocycles. The molecule has 23 heavy (non-hydrogen) atoms. The maximum absolute atomic E-state index is 12.7. The van der Waals surface area contributed by atoms with E-state index in [1.54, 1.807) is 29.6 Å². The zero-order valence-electron chi connectivity index (χ0n) is 12.9. The molecule has 0 bridgehead atoms. The number of hydrogen-bond acceptors (Lipinski definition) is 6. The number of likely N-dealkylation sites (tertiary alicyclic amines) is 1. The third kappa shape index (κ3) is 2.70. The van der Waals surface area contributed by atoms with Crippen LogP contribution in [0, 0.1) is 6.92 Å². The fraction of sp³-hybridized carbons (Fsp3) is 0.400. The Bertz CT molecular complexity index is 761. The third-order valence-corrected chi connectivity index (χ3v) is 4.88. The summed E-state index contributed by atoms with van der Waals surface area (Å²) in [6.07, 6.45) is 3.15. The number of hydrogen-bond donors (Lipinski definition) is 1. The van der Waals surface area contributed by atoms with Crippen LogP contribution in [0.1, 0.15) is 51.4 Å². The Labute approximate surface area is 137 Å². The van der Waals surface area contributed by atoms with Crippen molar-refractivity contribution < 1.29 is 9.59 Å². The summed E-state index contributed by atoms with van der Waals surface area (Å²) in [5.41, 5.74) is 7.15. The molecular formula is C15H17N5O2S. The van der Waals surface area contributed by atoms with Crippen LogP contribution in [0.3, 0.4) is 0 Å². The van der Waals surface area contributed by atoms with Gasteiger partial charge in [0, 0.05) is 12.2 Å². The topological polar surface area (TPSA) is 102 Å². The van der Waals surface area contributed by atoms with Crippen molar-refractivity contribution in [2.75, 3.05) is 6.54 Å². The monoisotopic (exact) mass is 331 g/mol. The number of nitrogens with zero attached hydrogens (tertiary/aromatic N) is 4. The lowest BCUT2D eigenvalue weighted by Crippen LogP contribution is -2.44. The van der Waals surface area contributed by atoms with Crippen LogP contribution in [-0.2, 0) is 5.54 Å². The molecule has 1 fully saturated rings. The van der Waals surface area contributed by atoms with E-state index in [1.165, 1.54) is 11.3 Å². The van der Waals surface area contributed by atoms with Gasteiger partial charge in [0.25, 0.3) is 11.8 Å². The molecule has 2 amide bonds. The molecule has 8 heteroatoms. The van der Waals surface area contributed by atoms with Crippen LogP contribution in [-0.4, -0.2) is 38.2 Å². The van der Waals surface area contributed by atoms with Crippen molar-refractivity contribution in [3.63, 3.8) is 0 Å². The normalized spacial score (nSPS) is 20.7. The van der Waals surface area contributed by atoms with Gasteiger partial charge in [-0.1, -0.05) is 0 Å². The molecule has 0 unspecified atom stereocenters. The number of amides is 2. The lowest BCUT2D eigenvalue weighted by Gasteiger charge is -2.33. The van der Waals surface area contributed by atoms with E-state index in [0.29, 0.717) is 22.9 Å². The van der Waals surface area contributed by atoms with Crippen molar-refractivity contribution in [3.05, 3.63) is 39.9 Å². The number of aromatic nitrogens is 3. The minimum Gasteiger partial charge on any atom is -0.364 e. The molecular weight excluding hydrogens is 314 g/mol.